The molecule has 41 heavy (non-hydrogen) atoms. The zero-order valence-electron chi connectivity index (χ0n) is 24.3. The number of alkyl halides is 3. The number of benzene rings is 1. The van der Waals surface area contributed by atoms with E-state index in [-0.39, 0.29) is 0 Å². The average molecular weight is 563 g/mol. The fraction of sp³-hybridized carbons (Fsp3) is 0.312. The monoisotopic (exact) mass is 562 g/mol. The summed E-state index contributed by atoms with van der Waals surface area (Å²) in [6.07, 6.45) is 3.38. The summed E-state index contributed by atoms with van der Waals surface area (Å²) < 4.78 is 39.1. The summed E-state index contributed by atoms with van der Waals surface area (Å²) in [6.45, 7) is 12.5. The Morgan fingerprint density at radius 3 is 2.41 bits per heavy atom. The fourth-order valence-corrected chi connectivity index (χ4v) is 4.59. The smallest absolute Gasteiger partial charge is 0.368 e. The van der Waals surface area contributed by atoms with Gasteiger partial charge in [0.15, 0.2) is 0 Å². The summed E-state index contributed by atoms with van der Waals surface area (Å²) in [5.74, 6) is 0. The molecule has 0 amide bonds. The molecule has 0 bridgehead atoms. The highest BCUT2D eigenvalue weighted by Crippen LogP contribution is 2.37. The first-order valence-electron chi connectivity index (χ1n) is 13.5. The van der Waals surface area contributed by atoms with E-state index >= 15 is 0 Å². The summed E-state index contributed by atoms with van der Waals surface area (Å²) in [6, 6.07) is 12.8. The molecule has 9 heteroatoms. The number of piperazine rings is 1. The van der Waals surface area contributed by atoms with E-state index in [1.807, 2.05) is 67.7 Å². The van der Waals surface area contributed by atoms with Gasteiger partial charge < -0.3 is 19.7 Å². The maximum Gasteiger partial charge on any atom is 0.418 e. The largest absolute Gasteiger partial charge is 0.418 e. The highest BCUT2D eigenvalue weighted by atomic mass is 19.4. The number of aromatic amines is 1. The Labute approximate surface area is 239 Å². The SMILES string of the molecule is C=C(C)N(C)/C=C(\C)c1cc(-c2cnc3[nH]ccc3c2)ccn1.Cc1ccc(N2CCN(C)CC2)c(C(F)(F)F)c1. The van der Waals surface area contributed by atoms with E-state index in [1.165, 1.54) is 6.07 Å². The second kappa shape index (κ2) is 12.6. The van der Waals surface area contributed by atoms with Crippen molar-refractivity contribution in [3.8, 4) is 11.1 Å². The number of likely N-dealkylation sites (N-methyl/N-ethyl adjacent to an activating group) is 1. The molecule has 216 valence electrons. The van der Waals surface area contributed by atoms with Crippen molar-refractivity contribution < 1.29 is 13.2 Å². The Balaban J connectivity index is 0.000000195. The molecular formula is C32H37F3N6. The number of anilines is 1. The number of pyridine rings is 2. The van der Waals surface area contributed by atoms with Crippen LogP contribution >= 0.6 is 0 Å². The lowest BCUT2D eigenvalue weighted by Crippen LogP contribution is -2.45. The molecule has 4 aromatic rings. The number of aromatic nitrogens is 3. The van der Waals surface area contributed by atoms with Crippen LogP contribution in [0.1, 0.15) is 30.7 Å². The van der Waals surface area contributed by atoms with Gasteiger partial charge in [-0.3, -0.25) is 4.98 Å². The minimum absolute atomic E-state index is 0.307. The van der Waals surface area contributed by atoms with Gasteiger partial charge in [-0.2, -0.15) is 13.2 Å². The van der Waals surface area contributed by atoms with Crippen molar-refractivity contribution in [2.75, 3.05) is 45.2 Å². The molecule has 0 atom stereocenters. The molecule has 4 heterocycles. The Morgan fingerprint density at radius 2 is 1.73 bits per heavy atom. The van der Waals surface area contributed by atoms with E-state index < -0.39 is 11.7 Å². The minimum Gasteiger partial charge on any atom is -0.368 e. The topological polar surface area (TPSA) is 51.3 Å². The standard InChI is InChI=1S/C19H20N4.C13H17F3N2/c1-13(2)23(4)12-14(3)18-10-15(5-7-20-18)17-9-16-6-8-21-19(16)22-11-17;1-10-3-4-12(11(9-10)13(14,15)16)18-7-5-17(2)6-8-18/h5-12H,1H2,2-4H3,(H,21,22);3-4,9H,5-8H2,1-2H3/b14-12+;. The molecule has 3 aromatic heterocycles. The van der Waals surface area contributed by atoms with Crippen molar-refractivity contribution in [3.05, 3.63) is 96.4 Å². The zero-order valence-corrected chi connectivity index (χ0v) is 24.3. The summed E-state index contributed by atoms with van der Waals surface area (Å²) in [5, 5.41) is 1.11. The van der Waals surface area contributed by atoms with E-state index in [1.54, 1.807) is 19.1 Å². The van der Waals surface area contributed by atoms with E-state index in [0.717, 1.165) is 52.2 Å². The van der Waals surface area contributed by atoms with E-state index in [4.69, 9.17) is 0 Å². The third kappa shape index (κ3) is 7.55. The van der Waals surface area contributed by atoms with Gasteiger partial charge in [0.05, 0.1) is 11.3 Å². The lowest BCUT2D eigenvalue weighted by Gasteiger charge is -2.35. The molecule has 0 radical (unpaired) electrons. The predicted molar refractivity (Wildman–Crippen MR) is 161 cm³/mol. The van der Waals surface area contributed by atoms with Crippen LogP contribution < -0.4 is 4.90 Å². The zero-order chi connectivity index (χ0) is 29.7. The van der Waals surface area contributed by atoms with Gasteiger partial charge in [-0.15, -0.1) is 0 Å². The van der Waals surface area contributed by atoms with Crippen molar-refractivity contribution in [1.29, 1.82) is 0 Å². The molecule has 0 unspecified atom stereocenters. The van der Waals surface area contributed by atoms with Crippen molar-refractivity contribution in [2.45, 2.75) is 26.9 Å². The van der Waals surface area contributed by atoms with Crippen molar-refractivity contribution in [3.63, 3.8) is 0 Å². The van der Waals surface area contributed by atoms with E-state index in [0.29, 0.717) is 24.3 Å². The highest BCUT2D eigenvalue weighted by Gasteiger charge is 2.35. The van der Waals surface area contributed by atoms with Gasteiger partial charge in [0.25, 0.3) is 0 Å². The Bertz CT molecular complexity index is 1530. The molecule has 1 aromatic carbocycles. The quantitative estimate of drug-likeness (QED) is 0.278. The van der Waals surface area contributed by atoms with Gasteiger partial charge in [-0.25, -0.2) is 4.98 Å². The number of fused-ring (bicyclic) bond motifs is 1. The van der Waals surface area contributed by atoms with Crippen LogP contribution in [0, 0.1) is 6.92 Å². The lowest BCUT2D eigenvalue weighted by atomic mass is 10.1. The molecule has 0 aliphatic carbocycles. The number of hydrogen-bond donors (Lipinski definition) is 1. The van der Waals surface area contributed by atoms with Crippen LogP contribution in [-0.4, -0.2) is 65.0 Å². The fourth-order valence-electron chi connectivity index (χ4n) is 4.59. The lowest BCUT2D eigenvalue weighted by molar-refractivity contribution is -0.137. The van der Waals surface area contributed by atoms with Crippen LogP contribution in [0.5, 0.6) is 0 Å². The van der Waals surface area contributed by atoms with E-state index in [9.17, 15) is 13.2 Å². The summed E-state index contributed by atoms with van der Waals surface area (Å²) in [5.41, 5.74) is 6.55. The Morgan fingerprint density at radius 1 is 1.00 bits per heavy atom. The number of halogens is 3. The molecule has 5 rings (SSSR count). The second-order valence-corrected chi connectivity index (χ2v) is 10.5. The summed E-state index contributed by atoms with van der Waals surface area (Å²) >= 11 is 0. The molecule has 1 fully saturated rings. The molecule has 1 aliphatic heterocycles. The Kier molecular flexibility index (Phi) is 9.18. The van der Waals surface area contributed by atoms with Gasteiger partial charge in [0.2, 0.25) is 0 Å². The van der Waals surface area contributed by atoms with Crippen LogP contribution in [-0.2, 0) is 6.18 Å². The minimum atomic E-state index is -4.29. The third-order valence-electron chi connectivity index (χ3n) is 7.19. The molecule has 6 nitrogen and oxygen atoms in total. The average Bonchev–Trinajstić information content (AvgIpc) is 3.41. The normalized spacial score (nSPS) is 14.5. The maximum absolute atomic E-state index is 13.0. The van der Waals surface area contributed by atoms with Gasteiger partial charge >= 0.3 is 6.18 Å². The molecule has 1 saturated heterocycles. The molecule has 0 saturated carbocycles. The molecule has 0 spiro atoms. The van der Waals surface area contributed by atoms with Gasteiger partial charge in [-0.05, 0) is 75.4 Å². The van der Waals surface area contributed by atoms with Gasteiger partial charge in [-0.1, -0.05) is 18.2 Å². The van der Waals surface area contributed by atoms with Crippen LogP contribution in [0.4, 0.5) is 18.9 Å². The second-order valence-electron chi connectivity index (χ2n) is 10.5. The number of nitrogens with one attached hydrogen (secondary N) is 1. The summed E-state index contributed by atoms with van der Waals surface area (Å²) in [4.78, 5) is 18.0. The van der Waals surface area contributed by atoms with Crippen molar-refractivity contribution >= 4 is 22.3 Å². The first-order valence-corrected chi connectivity index (χ1v) is 13.5. The Hall–Kier alpha value is -4.11. The molecule has 1 aliphatic rings. The molecule has 1 N–H and O–H groups in total. The number of H-pyrrole nitrogens is 1. The van der Waals surface area contributed by atoms with Crippen molar-refractivity contribution in [1.82, 2.24) is 24.8 Å². The van der Waals surface area contributed by atoms with Crippen LogP contribution in [0.15, 0.2) is 79.5 Å². The molecular weight excluding hydrogens is 525 g/mol. The number of rotatable bonds is 5. The highest BCUT2D eigenvalue weighted by molar-refractivity contribution is 5.81. The van der Waals surface area contributed by atoms with Crippen LogP contribution in [0.2, 0.25) is 0 Å². The first kappa shape index (κ1) is 29.9. The third-order valence-corrected chi connectivity index (χ3v) is 7.19. The van der Waals surface area contributed by atoms with Crippen LogP contribution in [0.25, 0.3) is 27.7 Å². The number of aryl methyl sites for hydroxylation is 1. The van der Waals surface area contributed by atoms with Gasteiger partial charge in [0.1, 0.15) is 5.65 Å². The van der Waals surface area contributed by atoms with Gasteiger partial charge in [0, 0.05) is 80.4 Å². The van der Waals surface area contributed by atoms with Crippen LogP contribution in [0.3, 0.4) is 0 Å². The number of hydrogen-bond acceptors (Lipinski definition) is 5. The number of allylic oxidation sites excluding steroid dienone is 2. The predicted octanol–water partition coefficient (Wildman–Crippen LogP) is 7.22. The van der Waals surface area contributed by atoms with Crippen molar-refractivity contribution in [2.24, 2.45) is 0 Å². The summed E-state index contributed by atoms with van der Waals surface area (Å²) in [7, 11) is 3.97. The first-order chi connectivity index (χ1) is 19.4. The number of nitrogens with zero attached hydrogens (tertiary/aromatic N) is 5. The van der Waals surface area contributed by atoms with E-state index in [2.05, 4.69) is 45.5 Å². The maximum atomic E-state index is 13.0.